The number of carbonyl (C=O) groups excluding carboxylic acids is 1. The van der Waals surface area contributed by atoms with E-state index in [2.05, 4.69) is 5.10 Å². The summed E-state index contributed by atoms with van der Waals surface area (Å²) in [6.07, 6.45) is 0.863. The van der Waals surface area contributed by atoms with Crippen molar-refractivity contribution < 1.29 is 21.6 Å². The lowest BCUT2D eigenvalue weighted by Crippen LogP contribution is -2.38. The van der Waals surface area contributed by atoms with Gasteiger partial charge in [0.1, 0.15) is 0 Å². The molecule has 0 bridgehead atoms. The fourth-order valence-electron chi connectivity index (χ4n) is 4.29. The molecule has 0 radical (unpaired) electrons. The van der Waals surface area contributed by atoms with Crippen molar-refractivity contribution in [2.75, 3.05) is 30.1 Å². The van der Waals surface area contributed by atoms with Gasteiger partial charge in [-0.2, -0.15) is 5.10 Å². The summed E-state index contributed by atoms with van der Waals surface area (Å²) >= 11 is 0. The quantitative estimate of drug-likeness (QED) is 0.681. The molecule has 168 valence electrons. The normalized spacial score (nSPS) is 24.4. The van der Waals surface area contributed by atoms with Gasteiger partial charge in [0.05, 0.1) is 34.7 Å². The molecule has 2 aromatic rings. The van der Waals surface area contributed by atoms with E-state index in [1.807, 2.05) is 32.0 Å². The number of sulfone groups is 2. The van der Waals surface area contributed by atoms with E-state index in [0.717, 1.165) is 16.7 Å². The van der Waals surface area contributed by atoms with Crippen molar-refractivity contribution >= 4 is 25.6 Å². The molecule has 3 heterocycles. The Labute approximate surface area is 183 Å². The van der Waals surface area contributed by atoms with E-state index >= 15 is 0 Å². The first-order chi connectivity index (χ1) is 14.5. The van der Waals surface area contributed by atoms with Gasteiger partial charge in [-0.05, 0) is 49.9 Å². The molecule has 31 heavy (non-hydrogen) atoms. The van der Waals surface area contributed by atoms with Crippen molar-refractivity contribution in [1.82, 2.24) is 14.7 Å². The van der Waals surface area contributed by atoms with Crippen LogP contribution >= 0.6 is 0 Å². The maximum Gasteiger partial charge on any atom is 0.274 e. The first kappa shape index (κ1) is 22.0. The third-order valence-electron chi connectivity index (χ3n) is 6.39. The monoisotopic (exact) mass is 465 g/mol. The van der Waals surface area contributed by atoms with Gasteiger partial charge in [-0.1, -0.05) is 12.1 Å². The standard InChI is InChI=1S/C21H27N3O5S2/c1-14-4-5-16(10-15(14)2)20-11-19(22-24(20)18-7-9-31(28,29)13-18)21(25)23(3)17-6-8-30(26,27)12-17/h4-5,10-11,17-18H,6-9,12-13H2,1-3H3/t17-,18+/m0/s1. The Morgan fingerprint density at radius 1 is 1.00 bits per heavy atom. The van der Waals surface area contributed by atoms with Crippen LogP contribution in [-0.2, 0) is 19.7 Å². The Morgan fingerprint density at radius 2 is 1.68 bits per heavy atom. The van der Waals surface area contributed by atoms with Crippen molar-refractivity contribution in [3.8, 4) is 11.3 Å². The number of benzene rings is 1. The minimum absolute atomic E-state index is 0.00311. The second kappa shape index (κ2) is 7.74. The Kier molecular flexibility index (Phi) is 5.49. The van der Waals surface area contributed by atoms with Crippen molar-refractivity contribution in [3.05, 3.63) is 41.1 Å². The molecule has 1 aromatic heterocycles. The van der Waals surface area contributed by atoms with Gasteiger partial charge in [0, 0.05) is 18.7 Å². The largest absolute Gasteiger partial charge is 0.336 e. The van der Waals surface area contributed by atoms with Gasteiger partial charge >= 0.3 is 0 Å². The van der Waals surface area contributed by atoms with Crippen LogP contribution in [-0.4, -0.2) is 73.5 Å². The summed E-state index contributed by atoms with van der Waals surface area (Å²) < 4.78 is 49.5. The lowest BCUT2D eigenvalue weighted by atomic mass is 10.0. The summed E-state index contributed by atoms with van der Waals surface area (Å²) in [5.74, 6) is -0.214. The van der Waals surface area contributed by atoms with Crippen molar-refractivity contribution in [1.29, 1.82) is 0 Å². The maximum atomic E-state index is 13.1. The van der Waals surface area contributed by atoms with Gasteiger partial charge in [-0.15, -0.1) is 0 Å². The molecule has 10 heteroatoms. The fraction of sp³-hybridized carbons (Fsp3) is 0.524. The number of nitrogens with zero attached hydrogens (tertiary/aromatic N) is 3. The van der Waals surface area contributed by atoms with Gasteiger partial charge in [0.2, 0.25) is 0 Å². The highest BCUT2D eigenvalue weighted by molar-refractivity contribution is 7.91. The van der Waals surface area contributed by atoms with Gasteiger partial charge in [0.25, 0.3) is 5.91 Å². The number of aromatic nitrogens is 2. The second-order valence-electron chi connectivity index (χ2n) is 8.69. The summed E-state index contributed by atoms with van der Waals surface area (Å²) in [5.41, 5.74) is 3.98. The van der Waals surface area contributed by atoms with Gasteiger partial charge < -0.3 is 4.90 Å². The molecule has 0 aliphatic carbocycles. The summed E-state index contributed by atoms with van der Waals surface area (Å²) in [5, 5.41) is 4.53. The van der Waals surface area contributed by atoms with E-state index in [1.165, 1.54) is 4.90 Å². The van der Waals surface area contributed by atoms with Crippen molar-refractivity contribution in [2.24, 2.45) is 0 Å². The zero-order valence-corrected chi connectivity index (χ0v) is 19.5. The Balaban J connectivity index is 1.72. The first-order valence-electron chi connectivity index (χ1n) is 10.3. The molecule has 0 N–H and O–H groups in total. The van der Waals surface area contributed by atoms with Crippen LogP contribution < -0.4 is 0 Å². The van der Waals surface area contributed by atoms with E-state index in [9.17, 15) is 21.6 Å². The van der Waals surface area contributed by atoms with E-state index < -0.39 is 19.7 Å². The minimum Gasteiger partial charge on any atom is -0.336 e. The third-order valence-corrected chi connectivity index (χ3v) is 9.89. The zero-order chi connectivity index (χ0) is 22.6. The number of aryl methyl sites for hydroxylation is 2. The molecule has 2 saturated heterocycles. The number of hydrogen-bond acceptors (Lipinski definition) is 6. The Hall–Kier alpha value is -2.20. The predicted octanol–water partition coefficient (Wildman–Crippen LogP) is 1.79. The van der Waals surface area contributed by atoms with Crippen molar-refractivity contribution in [2.45, 2.75) is 38.8 Å². The van der Waals surface area contributed by atoms with Crippen molar-refractivity contribution in [3.63, 3.8) is 0 Å². The highest BCUT2D eigenvalue weighted by Crippen LogP contribution is 2.31. The zero-order valence-electron chi connectivity index (χ0n) is 17.9. The van der Waals surface area contributed by atoms with E-state index in [1.54, 1.807) is 17.8 Å². The fourth-order valence-corrected chi connectivity index (χ4v) is 7.76. The van der Waals surface area contributed by atoms with Gasteiger partial charge in [0.15, 0.2) is 25.4 Å². The van der Waals surface area contributed by atoms with Crippen LogP contribution in [0.3, 0.4) is 0 Å². The highest BCUT2D eigenvalue weighted by atomic mass is 32.2. The van der Waals surface area contributed by atoms with Crippen LogP contribution in [0, 0.1) is 13.8 Å². The molecule has 8 nitrogen and oxygen atoms in total. The number of rotatable bonds is 4. The molecule has 1 amide bonds. The lowest BCUT2D eigenvalue weighted by molar-refractivity contribution is 0.0740. The predicted molar refractivity (Wildman–Crippen MR) is 119 cm³/mol. The number of amides is 1. The van der Waals surface area contributed by atoms with Crippen LogP contribution in [0.5, 0.6) is 0 Å². The molecule has 0 unspecified atom stereocenters. The molecule has 2 atom stereocenters. The topological polar surface area (TPSA) is 106 Å². The number of carbonyl (C=O) groups is 1. The average Bonchev–Trinajstić information content (AvgIpc) is 3.39. The Morgan fingerprint density at radius 3 is 2.26 bits per heavy atom. The molecule has 0 saturated carbocycles. The smallest absolute Gasteiger partial charge is 0.274 e. The molecular formula is C21H27N3O5S2. The van der Waals surface area contributed by atoms with Crippen LogP contribution in [0.4, 0.5) is 0 Å². The molecule has 2 aliphatic heterocycles. The number of hydrogen-bond donors (Lipinski definition) is 0. The van der Waals surface area contributed by atoms with Crippen LogP contribution in [0.15, 0.2) is 24.3 Å². The van der Waals surface area contributed by atoms with Crippen LogP contribution in [0.25, 0.3) is 11.3 Å². The summed E-state index contributed by atoms with van der Waals surface area (Å²) in [7, 11) is -4.66. The van der Waals surface area contributed by atoms with E-state index in [0.29, 0.717) is 18.5 Å². The third kappa shape index (κ3) is 4.41. The highest BCUT2D eigenvalue weighted by Gasteiger charge is 2.36. The molecule has 4 rings (SSSR count). The summed E-state index contributed by atoms with van der Waals surface area (Å²) in [6.45, 7) is 4.01. The van der Waals surface area contributed by atoms with E-state index in [4.69, 9.17) is 0 Å². The van der Waals surface area contributed by atoms with Crippen LogP contribution in [0.1, 0.15) is 40.5 Å². The molecule has 2 aliphatic rings. The van der Waals surface area contributed by atoms with Gasteiger partial charge in [-0.3, -0.25) is 9.48 Å². The minimum atomic E-state index is -3.13. The summed E-state index contributed by atoms with van der Waals surface area (Å²) in [6, 6.07) is 6.93. The average molecular weight is 466 g/mol. The molecule has 0 spiro atoms. The second-order valence-corrected chi connectivity index (χ2v) is 13.1. The van der Waals surface area contributed by atoms with Crippen LogP contribution in [0.2, 0.25) is 0 Å². The van der Waals surface area contributed by atoms with E-state index in [-0.39, 0.29) is 46.7 Å². The molecular weight excluding hydrogens is 438 g/mol. The molecule has 2 fully saturated rings. The summed E-state index contributed by atoms with van der Waals surface area (Å²) in [4.78, 5) is 14.6. The first-order valence-corrected chi connectivity index (χ1v) is 14.0. The van der Waals surface area contributed by atoms with Gasteiger partial charge in [-0.25, -0.2) is 16.8 Å². The maximum absolute atomic E-state index is 13.1. The lowest BCUT2D eigenvalue weighted by Gasteiger charge is -2.22. The molecule has 1 aromatic carbocycles. The SMILES string of the molecule is Cc1ccc(-c2cc(C(=O)N(C)[C@H]3CCS(=O)(=O)C3)nn2[C@@H]2CCS(=O)(=O)C2)cc1C. The Bertz CT molecular complexity index is 1250.